The van der Waals surface area contributed by atoms with Gasteiger partial charge in [-0.2, -0.15) is 0 Å². The fourth-order valence-electron chi connectivity index (χ4n) is 2.48. The summed E-state index contributed by atoms with van der Waals surface area (Å²) < 4.78 is 32.2. The molecule has 0 saturated carbocycles. The van der Waals surface area contributed by atoms with Crippen LogP contribution in [0.5, 0.6) is 5.75 Å². The molecule has 0 bridgehead atoms. The van der Waals surface area contributed by atoms with Gasteiger partial charge in [0.05, 0.1) is 4.90 Å². The number of nitrogens with zero attached hydrogens (tertiary/aromatic N) is 2. The minimum atomic E-state index is -3.57. The van der Waals surface area contributed by atoms with Crippen molar-refractivity contribution in [1.29, 1.82) is 0 Å². The van der Waals surface area contributed by atoms with Crippen molar-refractivity contribution in [3.8, 4) is 5.75 Å². The number of carbonyl (C=O) groups excluding carboxylic acids is 1. The van der Waals surface area contributed by atoms with Crippen molar-refractivity contribution in [1.82, 2.24) is 14.7 Å². The van der Waals surface area contributed by atoms with Crippen LogP contribution >= 0.6 is 0 Å². The van der Waals surface area contributed by atoms with Gasteiger partial charge in [-0.25, -0.2) is 18.1 Å². The molecule has 0 saturated heterocycles. The van der Waals surface area contributed by atoms with Crippen LogP contribution in [0.4, 0.5) is 5.82 Å². The molecule has 3 rings (SSSR count). The molecule has 0 radical (unpaired) electrons. The average Bonchev–Trinajstić information content (AvgIpc) is 2.74. The van der Waals surface area contributed by atoms with Gasteiger partial charge < -0.3 is 10.1 Å². The molecule has 0 aliphatic carbocycles. The third-order valence-electron chi connectivity index (χ3n) is 3.91. The van der Waals surface area contributed by atoms with E-state index in [1.807, 2.05) is 12.1 Å². The lowest BCUT2D eigenvalue weighted by atomic mass is 10.2. The van der Waals surface area contributed by atoms with Crippen LogP contribution in [0.15, 0.2) is 72.0 Å². The summed E-state index contributed by atoms with van der Waals surface area (Å²) in [5.74, 6) is 0.268. The molecule has 0 aliphatic heterocycles. The highest BCUT2D eigenvalue weighted by Crippen LogP contribution is 2.23. The summed E-state index contributed by atoms with van der Waals surface area (Å²) in [6.45, 7) is 2.28. The Hall–Kier alpha value is -3.30. The lowest BCUT2D eigenvalue weighted by molar-refractivity contribution is 0.102. The summed E-state index contributed by atoms with van der Waals surface area (Å²) in [5.41, 5.74) is 1.23. The Balaban J connectivity index is 1.71. The fourth-order valence-corrected chi connectivity index (χ4v) is 3.52. The maximum absolute atomic E-state index is 12.5. The third kappa shape index (κ3) is 5.37. The Kier molecular flexibility index (Phi) is 6.53. The summed E-state index contributed by atoms with van der Waals surface area (Å²) in [6.07, 6.45) is 4.88. The summed E-state index contributed by atoms with van der Waals surface area (Å²) >= 11 is 0. The van der Waals surface area contributed by atoms with E-state index in [1.54, 1.807) is 37.6 Å². The summed E-state index contributed by atoms with van der Waals surface area (Å²) in [7, 11) is -3.57. The van der Waals surface area contributed by atoms with Gasteiger partial charge >= 0.3 is 0 Å². The molecule has 2 N–H and O–H groups in total. The number of nitrogens with one attached hydrogen (secondary N) is 2. The van der Waals surface area contributed by atoms with Crippen LogP contribution in [-0.2, 0) is 16.6 Å². The molecule has 2 heterocycles. The number of hydrogen-bond donors (Lipinski definition) is 2. The van der Waals surface area contributed by atoms with E-state index < -0.39 is 15.9 Å². The molecule has 0 aliphatic rings. The third-order valence-corrected chi connectivity index (χ3v) is 5.47. The zero-order valence-electron chi connectivity index (χ0n) is 15.7. The standard InChI is InChI=1S/C20H20N4O4S/c1-2-23-29(26,27)17-7-5-16(6-8-17)20(25)24-19-18(4-3-11-22-19)28-14-15-9-12-21-13-10-15/h3-13,23H,2,14H2,1H3,(H,22,24,25). The van der Waals surface area contributed by atoms with Gasteiger partial charge in [-0.3, -0.25) is 9.78 Å². The lowest BCUT2D eigenvalue weighted by Gasteiger charge is -2.12. The quantitative estimate of drug-likeness (QED) is 0.588. The maximum Gasteiger partial charge on any atom is 0.256 e. The highest BCUT2D eigenvalue weighted by atomic mass is 32.2. The normalized spacial score (nSPS) is 11.1. The smallest absolute Gasteiger partial charge is 0.256 e. The van der Waals surface area contributed by atoms with Gasteiger partial charge in [-0.05, 0) is 54.1 Å². The molecule has 1 amide bonds. The number of sulfonamides is 1. The molecule has 1 aromatic carbocycles. The first-order chi connectivity index (χ1) is 14.0. The number of ether oxygens (including phenoxy) is 1. The number of benzene rings is 1. The molecular weight excluding hydrogens is 392 g/mol. The predicted molar refractivity (Wildman–Crippen MR) is 108 cm³/mol. The van der Waals surface area contributed by atoms with Crippen molar-refractivity contribution >= 4 is 21.7 Å². The second-order valence-electron chi connectivity index (χ2n) is 5.97. The van der Waals surface area contributed by atoms with Crippen LogP contribution in [0, 0.1) is 0 Å². The van der Waals surface area contributed by atoms with Crippen LogP contribution < -0.4 is 14.8 Å². The zero-order chi connectivity index (χ0) is 20.7. The van der Waals surface area contributed by atoms with Gasteiger partial charge in [0, 0.05) is 30.7 Å². The van der Waals surface area contributed by atoms with Crippen molar-refractivity contribution in [2.24, 2.45) is 0 Å². The number of amides is 1. The average molecular weight is 412 g/mol. The molecule has 8 nitrogen and oxygen atoms in total. The van der Waals surface area contributed by atoms with E-state index in [4.69, 9.17) is 4.74 Å². The van der Waals surface area contributed by atoms with E-state index in [0.717, 1.165) is 5.56 Å². The van der Waals surface area contributed by atoms with E-state index in [1.165, 1.54) is 24.3 Å². The highest BCUT2D eigenvalue weighted by molar-refractivity contribution is 7.89. The topological polar surface area (TPSA) is 110 Å². The Morgan fingerprint density at radius 1 is 1.03 bits per heavy atom. The molecule has 3 aromatic rings. The largest absolute Gasteiger partial charge is 0.485 e. The second kappa shape index (κ2) is 9.26. The van der Waals surface area contributed by atoms with Gasteiger partial charge in [-0.1, -0.05) is 6.92 Å². The molecule has 0 fully saturated rings. The van der Waals surface area contributed by atoms with Crippen LogP contribution in [0.2, 0.25) is 0 Å². The van der Waals surface area contributed by atoms with Gasteiger partial charge in [0.25, 0.3) is 5.91 Å². The van der Waals surface area contributed by atoms with Crippen molar-refractivity contribution in [2.75, 3.05) is 11.9 Å². The van der Waals surface area contributed by atoms with Crippen molar-refractivity contribution in [2.45, 2.75) is 18.4 Å². The van der Waals surface area contributed by atoms with E-state index in [2.05, 4.69) is 20.0 Å². The monoisotopic (exact) mass is 412 g/mol. The highest BCUT2D eigenvalue weighted by Gasteiger charge is 2.15. The minimum absolute atomic E-state index is 0.0927. The van der Waals surface area contributed by atoms with E-state index >= 15 is 0 Å². The van der Waals surface area contributed by atoms with Crippen LogP contribution in [0.3, 0.4) is 0 Å². The number of carbonyl (C=O) groups is 1. The first-order valence-electron chi connectivity index (χ1n) is 8.87. The Labute approximate surface area is 169 Å². The number of hydrogen-bond acceptors (Lipinski definition) is 6. The molecule has 0 spiro atoms. The number of aromatic nitrogens is 2. The number of anilines is 1. The van der Waals surface area contributed by atoms with Gasteiger partial charge in [0.15, 0.2) is 11.6 Å². The van der Waals surface area contributed by atoms with Crippen molar-refractivity contribution in [3.05, 3.63) is 78.2 Å². The number of rotatable bonds is 8. The first-order valence-corrected chi connectivity index (χ1v) is 10.4. The van der Waals surface area contributed by atoms with Gasteiger partial charge in [0.1, 0.15) is 6.61 Å². The summed E-state index contributed by atoms with van der Waals surface area (Å²) in [4.78, 5) is 20.8. The first kappa shape index (κ1) is 20.4. The predicted octanol–water partition coefficient (Wildman–Crippen LogP) is 2.61. The van der Waals surface area contributed by atoms with E-state index in [-0.39, 0.29) is 17.3 Å². The molecule has 2 aromatic heterocycles. The summed E-state index contributed by atoms with van der Waals surface area (Å²) in [5, 5.41) is 2.69. The summed E-state index contributed by atoms with van der Waals surface area (Å²) in [6, 6.07) is 12.7. The maximum atomic E-state index is 12.5. The zero-order valence-corrected chi connectivity index (χ0v) is 16.5. The molecule has 0 atom stereocenters. The lowest BCUT2D eigenvalue weighted by Crippen LogP contribution is -2.23. The van der Waals surface area contributed by atoms with Crippen molar-refractivity contribution in [3.63, 3.8) is 0 Å². The molecule has 9 heteroatoms. The van der Waals surface area contributed by atoms with Gasteiger partial charge in [0.2, 0.25) is 10.0 Å². The Morgan fingerprint density at radius 2 is 1.76 bits per heavy atom. The van der Waals surface area contributed by atoms with Crippen LogP contribution in [-0.4, -0.2) is 30.8 Å². The van der Waals surface area contributed by atoms with E-state index in [9.17, 15) is 13.2 Å². The van der Waals surface area contributed by atoms with Gasteiger partial charge in [-0.15, -0.1) is 0 Å². The molecular formula is C20H20N4O4S. The van der Waals surface area contributed by atoms with Crippen molar-refractivity contribution < 1.29 is 17.9 Å². The second-order valence-corrected chi connectivity index (χ2v) is 7.74. The molecule has 29 heavy (non-hydrogen) atoms. The Morgan fingerprint density at radius 3 is 2.45 bits per heavy atom. The van der Waals surface area contributed by atoms with E-state index in [0.29, 0.717) is 17.9 Å². The number of pyridine rings is 2. The van der Waals surface area contributed by atoms with Crippen LogP contribution in [0.25, 0.3) is 0 Å². The Bertz CT molecular complexity index is 1070. The SMILES string of the molecule is CCNS(=O)(=O)c1ccc(C(=O)Nc2ncccc2OCc2ccncc2)cc1. The van der Waals surface area contributed by atoms with Crippen LogP contribution in [0.1, 0.15) is 22.8 Å². The molecule has 0 unspecified atom stereocenters. The fraction of sp³-hybridized carbons (Fsp3) is 0.150. The minimum Gasteiger partial charge on any atom is -0.485 e. The molecule has 150 valence electrons.